The largest absolute Gasteiger partial charge is 0.478 e. The monoisotopic (exact) mass is 292 g/mol. The van der Waals surface area contributed by atoms with Crippen LogP contribution in [0.2, 0.25) is 0 Å². The number of aromatic carboxylic acids is 1. The Morgan fingerprint density at radius 2 is 2.15 bits per heavy atom. The summed E-state index contributed by atoms with van der Waals surface area (Å²) in [7, 11) is 0. The molecule has 1 atom stereocenters. The summed E-state index contributed by atoms with van der Waals surface area (Å²) in [5.41, 5.74) is 1.18. The molecule has 0 aromatic heterocycles. The Morgan fingerprint density at radius 3 is 2.70 bits per heavy atom. The number of fused-ring (bicyclic) bond motifs is 3. The summed E-state index contributed by atoms with van der Waals surface area (Å²) in [6, 6.07) is 6.08. The smallest absolute Gasteiger partial charge is 0.338 e. The van der Waals surface area contributed by atoms with Crippen LogP contribution in [0.1, 0.15) is 23.2 Å². The first-order chi connectivity index (χ1) is 9.69. The van der Waals surface area contributed by atoms with Gasteiger partial charge in [-0.15, -0.1) is 11.8 Å². The molecule has 1 aromatic rings. The molecule has 0 saturated carbocycles. The summed E-state index contributed by atoms with van der Waals surface area (Å²) in [5, 5.41) is 13.0. The van der Waals surface area contributed by atoms with Crippen LogP contribution in [-0.2, 0) is 0 Å². The van der Waals surface area contributed by atoms with Crippen LogP contribution in [0.25, 0.3) is 0 Å². The molecule has 1 aromatic carbocycles. The van der Waals surface area contributed by atoms with E-state index in [1.807, 2.05) is 24.5 Å². The van der Waals surface area contributed by atoms with Crippen molar-refractivity contribution in [1.82, 2.24) is 4.90 Å². The van der Waals surface area contributed by atoms with Crippen molar-refractivity contribution in [2.45, 2.75) is 23.8 Å². The maximum atomic E-state index is 11.5. The molecule has 0 spiro atoms. The lowest BCUT2D eigenvalue weighted by molar-refractivity contribution is 0.0693. The van der Waals surface area contributed by atoms with E-state index in [9.17, 15) is 9.90 Å². The molecular formula is C15H20N2O2S. The van der Waals surface area contributed by atoms with Gasteiger partial charge in [-0.25, -0.2) is 4.79 Å². The second-order valence-electron chi connectivity index (χ2n) is 5.58. The van der Waals surface area contributed by atoms with Crippen molar-refractivity contribution < 1.29 is 9.90 Å². The minimum absolute atomic E-state index is 0.382. The van der Waals surface area contributed by atoms with E-state index in [0.29, 0.717) is 17.5 Å². The van der Waals surface area contributed by atoms with Gasteiger partial charge in [0.15, 0.2) is 0 Å². The van der Waals surface area contributed by atoms with Gasteiger partial charge in [0.05, 0.1) is 11.3 Å². The molecule has 5 heteroatoms. The van der Waals surface area contributed by atoms with Gasteiger partial charge in [0.2, 0.25) is 0 Å². The average Bonchev–Trinajstić information content (AvgIpc) is 2.48. The number of benzene rings is 1. The Morgan fingerprint density at radius 1 is 1.40 bits per heavy atom. The second-order valence-corrected chi connectivity index (χ2v) is 6.42. The average molecular weight is 292 g/mol. The molecule has 3 saturated heterocycles. The van der Waals surface area contributed by atoms with Crippen molar-refractivity contribution >= 4 is 23.4 Å². The van der Waals surface area contributed by atoms with E-state index in [0.717, 1.165) is 17.1 Å². The van der Waals surface area contributed by atoms with Gasteiger partial charge in [0, 0.05) is 17.5 Å². The fourth-order valence-electron chi connectivity index (χ4n) is 3.37. The molecule has 4 rings (SSSR count). The van der Waals surface area contributed by atoms with E-state index in [1.165, 1.54) is 37.7 Å². The van der Waals surface area contributed by atoms with Gasteiger partial charge >= 0.3 is 5.97 Å². The Bertz CT molecular complexity index is 513. The third kappa shape index (κ3) is 2.52. The van der Waals surface area contributed by atoms with Gasteiger partial charge < -0.3 is 15.3 Å². The lowest BCUT2D eigenvalue weighted by Crippen LogP contribution is -2.53. The summed E-state index contributed by atoms with van der Waals surface area (Å²) < 4.78 is 0. The number of nitrogens with zero attached hydrogens (tertiary/aromatic N) is 1. The predicted octanol–water partition coefficient (Wildman–Crippen LogP) is 2.61. The topological polar surface area (TPSA) is 52.6 Å². The van der Waals surface area contributed by atoms with Gasteiger partial charge in [-0.05, 0) is 50.2 Å². The van der Waals surface area contributed by atoms with Crippen molar-refractivity contribution in [1.29, 1.82) is 0 Å². The number of carboxylic acids is 1. The normalized spacial score (nSPS) is 28.4. The van der Waals surface area contributed by atoms with E-state index in [2.05, 4.69) is 10.2 Å². The number of carboxylic acid groups (broad SMARTS) is 1. The summed E-state index contributed by atoms with van der Waals surface area (Å²) >= 11 is 1.48. The van der Waals surface area contributed by atoms with Crippen molar-refractivity contribution in [2.75, 3.05) is 31.2 Å². The van der Waals surface area contributed by atoms with Crippen molar-refractivity contribution in [3.8, 4) is 0 Å². The Hall–Kier alpha value is -1.20. The molecule has 0 radical (unpaired) electrons. The van der Waals surface area contributed by atoms with Crippen molar-refractivity contribution in [3.63, 3.8) is 0 Å². The molecule has 0 amide bonds. The zero-order valence-corrected chi connectivity index (χ0v) is 12.4. The van der Waals surface area contributed by atoms with Crippen LogP contribution >= 0.6 is 11.8 Å². The fourth-order valence-corrected chi connectivity index (χ4v) is 3.99. The number of rotatable bonds is 4. The van der Waals surface area contributed by atoms with Crippen LogP contribution in [-0.4, -0.2) is 47.9 Å². The minimum Gasteiger partial charge on any atom is -0.478 e. The highest BCUT2D eigenvalue weighted by Gasteiger charge is 2.34. The first-order valence-corrected chi connectivity index (χ1v) is 8.30. The molecular weight excluding hydrogens is 272 g/mol. The minimum atomic E-state index is -0.848. The molecule has 2 N–H and O–H groups in total. The summed E-state index contributed by atoms with van der Waals surface area (Å²) in [6.45, 7) is 3.42. The highest BCUT2D eigenvalue weighted by molar-refractivity contribution is 7.98. The number of carbonyl (C=O) groups is 1. The molecule has 3 aliphatic rings. The number of thioether (sulfide) groups is 1. The van der Waals surface area contributed by atoms with Crippen LogP contribution in [0.5, 0.6) is 0 Å². The number of hydrogen-bond donors (Lipinski definition) is 2. The SMILES string of the molecule is CSc1cccc(NC2CN3CCC2CC3)c1C(=O)O. The molecule has 20 heavy (non-hydrogen) atoms. The van der Waals surface area contributed by atoms with E-state index in [-0.39, 0.29) is 0 Å². The van der Waals surface area contributed by atoms with Crippen molar-refractivity contribution in [2.24, 2.45) is 5.92 Å². The van der Waals surface area contributed by atoms with E-state index in [4.69, 9.17) is 0 Å². The predicted molar refractivity (Wildman–Crippen MR) is 81.8 cm³/mol. The molecule has 4 nitrogen and oxygen atoms in total. The third-order valence-electron chi connectivity index (χ3n) is 4.46. The maximum Gasteiger partial charge on any atom is 0.338 e. The molecule has 1 unspecified atom stereocenters. The third-order valence-corrected chi connectivity index (χ3v) is 5.24. The van der Waals surface area contributed by atoms with Gasteiger partial charge in [-0.2, -0.15) is 0 Å². The summed E-state index contributed by atoms with van der Waals surface area (Å²) in [4.78, 5) is 14.8. The quantitative estimate of drug-likeness (QED) is 0.836. The van der Waals surface area contributed by atoms with Crippen LogP contribution in [0, 0.1) is 5.92 Å². The highest BCUT2D eigenvalue weighted by atomic mass is 32.2. The van der Waals surface area contributed by atoms with Crippen molar-refractivity contribution in [3.05, 3.63) is 23.8 Å². The number of hydrogen-bond acceptors (Lipinski definition) is 4. The van der Waals surface area contributed by atoms with Gasteiger partial charge in [0.25, 0.3) is 0 Å². The first kappa shape index (κ1) is 13.8. The fraction of sp³-hybridized carbons (Fsp3) is 0.533. The van der Waals surface area contributed by atoms with Crippen LogP contribution < -0.4 is 5.32 Å². The molecule has 3 fully saturated rings. The second kappa shape index (κ2) is 5.66. The number of anilines is 1. The molecule has 2 bridgehead atoms. The standard InChI is InChI=1S/C15H20N2O2S/c1-20-13-4-2-3-11(14(13)15(18)19)16-12-9-17-7-5-10(12)6-8-17/h2-4,10,12,16H,5-9H2,1H3,(H,18,19). The Kier molecular flexibility index (Phi) is 3.89. The molecule has 3 aliphatic heterocycles. The number of piperidine rings is 3. The molecule has 0 aliphatic carbocycles. The maximum absolute atomic E-state index is 11.5. The van der Waals surface area contributed by atoms with E-state index >= 15 is 0 Å². The molecule has 3 heterocycles. The molecule has 108 valence electrons. The van der Waals surface area contributed by atoms with Crippen LogP contribution in [0.3, 0.4) is 0 Å². The zero-order valence-electron chi connectivity index (χ0n) is 11.6. The van der Waals surface area contributed by atoms with Gasteiger partial charge in [0.1, 0.15) is 0 Å². The lowest BCUT2D eigenvalue weighted by atomic mass is 9.84. The first-order valence-electron chi connectivity index (χ1n) is 7.08. The zero-order chi connectivity index (χ0) is 14.1. The Balaban J connectivity index is 1.85. The lowest BCUT2D eigenvalue weighted by Gasteiger charge is -2.45. The van der Waals surface area contributed by atoms with E-state index < -0.39 is 5.97 Å². The van der Waals surface area contributed by atoms with Crippen LogP contribution in [0.15, 0.2) is 23.1 Å². The number of nitrogens with one attached hydrogen (secondary N) is 1. The summed E-state index contributed by atoms with van der Waals surface area (Å²) in [5.74, 6) is -0.168. The summed E-state index contributed by atoms with van der Waals surface area (Å²) in [6.07, 6.45) is 4.37. The van der Waals surface area contributed by atoms with Gasteiger partial charge in [-0.1, -0.05) is 6.07 Å². The van der Waals surface area contributed by atoms with Gasteiger partial charge in [-0.3, -0.25) is 0 Å². The highest BCUT2D eigenvalue weighted by Crippen LogP contribution is 2.33. The van der Waals surface area contributed by atoms with E-state index in [1.54, 1.807) is 0 Å². The Labute approximate surface area is 123 Å². The van der Waals surface area contributed by atoms with Crippen LogP contribution in [0.4, 0.5) is 5.69 Å².